The largest absolute Gasteiger partial charge is 0.342 e. The third-order valence-corrected chi connectivity index (χ3v) is 5.25. The number of aromatic amines is 1. The van der Waals surface area contributed by atoms with Gasteiger partial charge in [0.25, 0.3) is 0 Å². The van der Waals surface area contributed by atoms with Gasteiger partial charge in [-0.2, -0.15) is 9.65 Å². The molecule has 1 aliphatic rings. The SMILES string of the molecule is CCc1cc(C#N)nc(F)c1N(C)c1nc(NC(=O)C2CC2F)c2[nH]cnc2c1C. The second kappa shape index (κ2) is 7.33. The molecule has 0 aromatic carbocycles. The molecule has 3 aromatic heterocycles. The van der Waals surface area contributed by atoms with Gasteiger partial charge in [0.1, 0.15) is 35.0 Å². The maximum absolute atomic E-state index is 14.8. The molecule has 4 rings (SSSR count). The Kier molecular flexibility index (Phi) is 4.81. The summed E-state index contributed by atoms with van der Waals surface area (Å²) in [5, 5.41) is 11.7. The number of fused-ring (bicyclic) bond motifs is 1. The van der Waals surface area contributed by atoms with Gasteiger partial charge in [0.2, 0.25) is 11.9 Å². The zero-order valence-electron chi connectivity index (χ0n) is 16.6. The minimum atomic E-state index is -1.14. The number of imidazole rings is 1. The van der Waals surface area contributed by atoms with Gasteiger partial charge in [-0.05, 0) is 31.4 Å². The van der Waals surface area contributed by atoms with E-state index >= 15 is 0 Å². The Labute approximate surface area is 171 Å². The molecule has 2 N–H and O–H groups in total. The van der Waals surface area contributed by atoms with E-state index in [-0.39, 0.29) is 23.6 Å². The van der Waals surface area contributed by atoms with Crippen molar-refractivity contribution in [2.24, 2.45) is 5.92 Å². The fourth-order valence-corrected chi connectivity index (χ4v) is 3.52. The molecule has 1 aliphatic carbocycles. The molecule has 8 nitrogen and oxygen atoms in total. The minimum absolute atomic E-state index is 0.00732. The van der Waals surface area contributed by atoms with Gasteiger partial charge in [-0.25, -0.2) is 19.3 Å². The monoisotopic (exact) mass is 411 g/mol. The summed E-state index contributed by atoms with van der Waals surface area (Å²) in [6, 6.07) is 3.39. The minimum Gasteiger partial charge on any atom is -0.342 e. The summed E-state index contributed by atoms with van der Waals surface area (Å²) in [5.41, 5.74) is 2.48. The van der Waals surface area contributed by atoms with Crippen molar-refractivity contribution in [1.82, 2.24) is 19.9 Å². The number of pyridine rings is 2. The summed E-state index contributed by atoms with van der Waals surface area (Å²) in [4.78, 5) is 29.3. The van der Waals surface area contributed by atoms with Crippen molar-refractivity contribution in [3.8, 4) is 6.07 Å². The smallest absolute Gasteiger partial charge is 0.238 e. The Morgan fingerprint density at radius 2 is 2.20 bits per heavy atom. The number of hydrogen-bond acceptors (Lipinski definition) is 6. The number of rotatable bonds is 5. The van der Waals surface area contributed by atoms with Gasteiger partial charge >= 0.3 is 0 Å². The van der Waals surface area contributed by atoms with Crippen LogP contribution >= 0.6 is 0 Å². The molecule has 0 aliphatic heterocycles. The van der Waals surface area contributed by atoms with Gasteiger partial charge in [-0.1, -0.05) is 6.92 Å². The van der Waals surface area contributed by atoms with Crippen LogP contribution in [0.4, 0.5) is 26.1 Å². The molecular weight excluding hydrogens is 392 g/mol. The maximum Gasteiger partial charge on any atom is 0.238 e. The number of halogens is 2. The lowest BCUT2D eigenvalue weighted by Crippen LogP contribution is -2.20. The van der Waals surface area contributed by atoms with E-state index in [4.69, 9.17) is 5.26 Å². The molecule has 0 bridgehead atoms. The van der Waals surface area contributed by atoms with Crippen molar-refractivity contribution >= 4 is 34.3 Å². The fourth-order valence-electron chi connectivity index (χ4n) is 3.52. The Hall–Kier alpha value is -3.61. The molecule has 0 radical (unpaired) electrons. The quantitative estimate of drug-likeness (QED) is 0.624. The highest BCUT2D eigenvalue weighted by Crippen LogP contribution is 2.37. The summed E-state index contributed by atoms with van der Waals surface area (Å²) >= 11 is 0. The highest BCUT2D eigenvalue weighted by atomic mass is 19.1. The van der Waals surface area contributed by atoms with Crippen molar-refractivity contribution in [3.05, 3.63) is 35.2 Å². The first kappa shape index (κ1) is 19.7. The van der Waals surface area contributed by atoms with Crippen LogP contribution in [0.5, 0.6) is 0 Å². The zero-order valence-corrected chi connectivity index (χ0v) is 16.6. The standard InChI is InChI=1S/C20H19F2N7O/c1-4-10-5-11(7-23)26-17(22)16(10)29(3)19-9(2)14-15(25-8-24-14)18(27-19)28-20(30)12-6-13(12)21/h5,8,12-13H,4,6H2,1-3H3,(H,24,25)(H,27,28,30). The number of nitriles is 1. The Balaban J connectivity index is 1.82. The number of aryl methyl sites for hydroxylation is 2. The molecule has 1 saturated carbocycles. The zero-order chi connectivity index (χ0) is 21.6. The number of anilines is 3. The van der Waals surface area contributed by atoms with Crippen molar-refractivity contribution in [2.45, 2.75) is 32.9 Å². The normalized spacial score (nSPS) is 17.6. The lowest BCUT2D eigenvalue weighted by molar-refractivity contribution is -0.117. The Morgan fingerprint density at radius 1 is 1.47 bits per heavy atom. The number of nitrogens with one attached hydrogen (secondary N) is 2. The molecule has 0 spiro atoms. The number of aromatic nitrogens is 4. The summed E-state index contributed by atoms with van der Waals surface area (Å²) in [7, 11) is 1.63. The van der Waals surface area contributed by atoms with Crippen LogP contribution < -0.4 is 10.2 Å². The van der Waals surface area contributed by atoms with Crippen LogP contribution in [-0.4, -0.2) is 39.1 Å². The van der Waals surface area contributed by atoms with E-state index in [1.54, 1.807) is 14.0 Å². The van der Waals surface area contributed by atoms with E-state index in [0.29, 0.717) is 34.4 Å². The predicted molar refractivity (Wildman–Crippen MR) is 107 cm³/mol. The maximum atomic E-state index is 14.8. The molecule has 3 aromatic rings. The van der Waals surface area contributed by atoms with Gasteiger partial charge in [-0.3, -0.25) is 4.79 Å². The van der Waals surface area contributed by atoms with Crippen LogP contribution in [0.1, 0.15) is 30.2 Å². The molecule has 30 heavy (non-hydrogen) atoms. The van der Waals surface area contributed by atoms with Gasteiger partial charge < -0.3 is 15.2 Å². The number of hydrogen-bond donors (Lipinski definition) is 2. The molecule has 1 fully saturated rings. The van der Waals surface area contributed by atoms with Crippen molar-refractivity contribution in [3.63, 3.8) is 0 Å². The van der Waals surface area contributed by atoms with Gasteiger partial charge in [0.05, 0.1) is 17.8 Å². The van der Waals surface area contributed by atoms with E-state index in [1.807, 2.05) is 13.0 Å². The van der Waals surface area contributed by atoms with E-state index in [2.05, 4.69) is 25.3 Å². The van der Waals surface area contributed by atoms with E-state index in [0.717, 1.165) is 0 Å². The van der Waals surface area contributed by atoms with Crippen LogP contribution in [0, 0.1) is 30.1 Å². The number of amides is 1. The molecule has 3 heterocycles. The summed E-state index contributed by atoms with van der Waals surface area (Å²) in [6.45, 7) is 3.63. The number of H-pyrrole nitrogens is 1. The second-order valence-electron chi connectivity index (χ2n) is 7.21. The average molecular weight is 411 g/mol. The highest BCUT2D eigenvalue weighted by molar-refractivity contribution is 6.02. The molecular formula is C20H19F2N7O. The second-order valence-corrected chi connectivity index (χ2v) is 7.21. The summed E-state index contributed by atoms with van der Waals surface area (Å²) in [5.74, 6) is -1.37. The first-order valence-electron chi connectivity index (χ1n) is 9.47. The number of alkyl halides is 1. The molecule has 154 valence electrons. The molecule has 10 heteroatoms. The lowest BCUT2D eigenvalue weighted by atomic mass is 10.1. The number of carbonyl (C=O) groups excluding carboxylic acids is 1. The van der Waals surface area contributed by atoms with Gasteiger partial charge in [-0.15, -0.1) is 0 Å². The van der Waals surface area contributed by atoms with Crippen LogP contribution in [0.3, 0.4) is 0 Å². The number of nitrogens with zero attached hydrogens (tertiary/aromatic N) is 5. The van der Waals surface area contributed by atoms with Crippen molar-refractivity contribution in [1.29, 1.82) is 5.26 Å². The molecule has 2 atom stereocenters. The van der Waals surface area contributed by atoms with Crippen molar-refractivity contribution < 1.29 is 13.6 Å². The predicted octanol–water partition coefficient (Wildman–Crippen LogP) is 3.30. The fraction of sp³-hybridized carbons (Fsp3) is 0.350. The molecule has 2 unspecified atom stereocenters. The van der Waals surface area contributed by atoms with Gasteiger partial charge in [0, 0.05) is 12.6 Å². The van der Waals surface area contributed by atoms with Crippen LogP contribution in [-0.2, 0) is 11.2 Å². The average Bonchev–Trinajstić information content (AvgIpc) is 3.25. The van der Waals surface area contributed by atoms with Gasteiger partial charge in [0.15, 0.2) is 5.82 Å². The Morgan fingerprint density at radius 3 is 2.83 bits per heavy atom. The third-order valence-electron chi connectivity index (χ3n) is 5.25. The van der Waals surface area contributed by atoms with E-state index in [9.17, 15) is 13.6 Å². The first-order valence-corrected chi connectivity index (χ1v) is 9.47. The summed E-state index contributed by atoms with van der Waals surface area (Å²) < 4.78 is 28.1. The highest BCUT2D eigenvalue weighted by Gasteiger charge is 2.44. The van der Waals surface area contributed by atoms with Crippen LogP contribution in [0.2, 0.25) is 0 Å². The molecule has 1 amide bonds. The molecule has 0 saturated heterocycles. The van der Waals surface area contributed by atoms with Crippen molar-refractivity contribution in [2.75, 3.05) is 17.3 Å². The Bertz CT molecular complexity index is 1200. The van der Waals surface area contributed by atoms with E-state index in [1.165, 1.54) is 17.3 Å². The van der Waals surface area contributed by atoms with Crippen LogP contribution in [0.25, 0.3) is 11.0 Å². The topological polar surface area (TPSA) is 111 Å². The van der Waals surface area contributed by atoms with Crippen LogP contribution in [0.15, 0.2) is 12.4 Å². The van der Waals surface area contributed by atoms with E-state index < -0.39 is 23.9 Å². The first-order chi connectivity index (χ1) is 14.3. The number of carbonyl (C=O) groups is 1. The third kappa shape index (κ3) is 3.22. The lowest BCUT2D eigenvalue weighted by Gasteiger charge is -2.24. The summed E-state index contributed by atoms with van der Waals surface area (Å²) in [6.07, 6.45) is 0.995.